The first-order valence-corrected chi connectivity index (χ1v) is 6.24. The molecule has 0 radical (unpaired) electrons. The standard InChI is InChI=1S/C16H12O5/c1-20-13-5-3-2-4-10(13)14-8-12(18)9-6-7-11(17)15(19)16(9)21-14/h2-8,17,19H,1H3. The van der Waals surface area contributed by atoms with Crippen LogP contribution in [0.1, 0.15) is 0 Å². The lowest BCUT2D eigenvalue weighted by Gasteiger charge is -2.09. The Morgan fingerprint density at radius 3 is 2.62 bits per heavy atom. The van der Waals surface area contributed by atoms with Crippen molar-refractivity contribution in [3.8, 4) is 28.6 Å². The summed E-state index contributed by atoms with van der Waals surface area (Å²) in [7, 11) is 1.52. The number of fused-ring (bicyclic) bond motifs is 1. The summed E-state index contributed by atoms with van der Waals surface area (Å²) in [4.78, 5) is 12.1. The third-order valence-electron chi connectivity index (χ3n) is 3.22. The number of aromatic hydroxyl groups is 2. The van der Waals surface area contributed by atoms with Crippen LogP contribution in [-0.2, 0) is 0 Å². The second-order valence-electron chi connectivity index (χ2n) is 4.49. The lowest BCUT2D eigenvalue weighted by atomic mass is 10.1. The van der Waals surface area contributed by atoms with Crippen LogP contribution in [-0.4, -0.2) is 17.3 Å². The predicted molar refractivity (Wildman–Crippen MR) is 77.8 cm³/mol. The molecule has 0 aliphatic carbocycles. The molecule has 5 nitrogen and oxygen atoms in total. The fraction of sp³-hybridized carbons (Fsp3) is 0.0625. The minimum absolute atomic E-state index is 0.0524. The van der Waals surface area contributed by atoms with E-state index in [0.717, 1.165) is 0 Å². The van der Waals surface area contributed by atoms with E-state index in [9.17, 15) is 15.0 Å². The van der Waals surface area contributed by atoms with Crippen LogP contribution in [0.5, 0.6) is 17.2 Å². The van der Waals surface area contributed by atoms with Crippen molar-refractivity contribution in [3.05, 3.63) is 52.7 Å². The summed E-state index contributed by atoms with van der Waals surface area (Å²) in [5, 5.41) is 19.6. The molecule has 2 aromatic carbocycles. The smallest absolute Gasteiger partial charge is 0.201 e. The molecule has 3 aromatic rings. The number of para-hydroxylation sites is 1. The van der Waals surface area contributed by atoms with E-state index in [4.69, 9.17) is 9.15 Å². The number of benzene rings is 2. The highest BCUT2D eigenvalue weighted by atomic mass is 16.5. The van der Waals surface area contributed by atoms with Crippen LogP contribution in [0.4, 0.5) is 0 Å². The number of ether oxygens (including phenoxy) is 1. The zero-order valence-corrected chi connectivity index (χ0v) is 11.2. The maximum absolute atomic E-state index is 12.1. The lowest BCUT2D eigenvalue weighted by Crippen LogP contribution is -2.01. The van der Waals surface area contributed by atoms with Crippen LogP contribution in [0, 0.1) is 0 Å². The molecule has 0 spiro atoms. The van der Waals surface area contributed by atoms with Gasteiger partial charge in [0, 0.05) is 6.07 Å². The molecular weight excluding hydrogens is 272 g/mol. The van der Waals surface area contributed by atoms with Crippen LogP contribution in [0.2, 0.25) is 0 Å². The van der Waals surface area contributed by atoms with E-state index in [0.29, 0.717) is 11.3 Å². The molecule has 0 unspecified atom stereocenters. The Morgan fingerprint density at radius 1 is 1.10 bits per heavy atom. The first-order chi connectivity index (χ1) is 10.1. The van der Waals surface area contributed by atoms with E-state index in [1.165, 1.54) is 25.3 Å². The van der Waals surface area contributed by atoms with Crippen molar-refractivity contribution >= 4 is 11.0 Å². The number of phenolic OH excluding ortho intramolecular Hbond substituents is 2. The van der Waals surface area contributed by atoms with Gasteiger partial charge in [0.1, 0.15) is 11.5 Å². The third-order valence-corrected chi connectivity index (χ3v) is 3.22. The summed E-state index contributed by atoms with van der Waals surface area (Å²) in [6.07, 6.45) is 0. The third kappa shape index (κ3) is 2.08. The van der Waals surface area contributed by atoms with Gasteiger partial charge in [-0.05, 0) is 24.3 Å². The molecule has 1 aromatic heterocycles. The molecule has 0 amide bonds. The number of rotatable bonds is 2. The van der Waals surface area contributed by atoms with Gasteiger partial charge in [-0.1, -0.05) is 12.1 Å². The molecule has 0 aliphatic rings. The molecule has 1 heterocycles. The Bertz CT molecular complexity index is 879. The number of hydrogen-bond acceptors (Lipinski definition) is 5. The van der Waals surface area contributed by atoms with Gasteiger partial charge in [-0.3, -0.25) is 4.79 Å². The second-order valence-corrected chi connectivity index (χ2v) is 4.49. The van der Waals surface area contributed by atoms with Crippen molar-refractivity contribution in [1.82, 2.24) is 0 Å². The maximum Gasteiger partial charge on any atom is 0.201 e. The van der Waals surface area contributed by atoms with Crippen LogP contribution in [0.15, 0.2) is 51.7 Å². The molecule has 0 atom stereocenters. The average molecular weight is 284 g/mol. The normalized spacial score (nSPS) is 10.7. The Hall–Kier alpha value is -2.95. The van der Waals surface area contributed by atoms with Gasteiger partial charge in [0.2, 0.25) is 5.75 Å². The van der Waals surface area contributed by atoms with Gasteiger partial charge in [0.25, 0.3) is 0 Å². The molecular formula is C16H12O5. The van der Waals surface area contributed by atoms with Crippen molar-refractivity contribution in [3.63, 3.8) is 0 Å². The fourth-order valence-corrected chi connectivity index (χ4v) is 2.18. The van der Waals surface area contributed by atoms with Gasteiger partial charge < -0.3 is 19.4 Å². The van der Waals surface area contributed by atoms with E-state index in [2.05, 4.69) is 0 Å². The predicted octanol–water partition coefficient (Wildman–Crippen LogP) is 2.88. The van der Waals surface area contributed by atoms with Gasteiger partial charge in [0.05, 0.1) is 18.1 Å². The van der Waals surface area contributed by atoms with Crippen LogP contribution >= 0.6 is 0 Å². The first-order valence-electron chi connectivity index (χ1n) is 6.24. The largest absolute Gasteiger partial charge is 0.504 e. The molecule has 106 valence electrons. The highest BCUT2D eigenvalue weighted by Gasteiger charge is 2.15. The van der Waals surface area contributed by atoms with Crippen molar-refractivity contribution in [1.29, 1.82) is 0 Å². The topological polar surface area (TPSA) is 79.9 Å². The van der Waals surface area contributed by atoms with Crippen LogP contribution in [0.3, 0.4) is 0 Å². The Kier molecular flexibility index (Phi) is 3.02. The van der Waals surface area contributed by atoms with Gasteiger partial charge >= 0.3 is 0 Å². The number of hydrogen-bond donors (Lipinski definition) is 2. The van der Waals surface area contributed by atoms with E-state index in [-0.39, 0.29) is 27.9 Å². The molecule has 21 heavy (non-hydrogen) atoms. The van der Waals surface area contributed by atoms with E-state index < -0.39 is 5.75 Å². The summed E-state index contributed by atoms with van der Waals surface area (Å²) in [5.74, 6) is -0.00494. The van der Waals surface area contributed by atoms with Crippen LogP contribution in [0.25, 0.3) is 22.3 Å². The fourth-order valence-electron chi connectivity index (χ4n) is 2.18. The molecule has 0 fully saturated rings. The van der Waals surface area contributed by atoms with Crippen molar-refractivity contribution in [2.24, 2.45) is 0 Å². The monoisotopic (exact) mass is 284 g/mol. The van der Waals surface area contributed by atoms with Gasteiger partial charge in [0.15, 0.2) is 16.8 Å². The zero-order valence-electron chi connectivity index (χ0n) is 11.2. The van der Waals surface area contributed by atoms with Gasteiger partial charge in [-0.2, -0.15) is 0 Å². The summed E-state index contributed by atoms with van der Waals surface area (Å²) in [5.41, 5.74) is 0.220. The summed E-state index contributed by atoms with van der Waals surface area (Å²) in [6.45, 7) is 0. The van der Waals surface area contributed by atoms with E-state index >= 15 is 0 Å². The quantitative estimate of drug-likeness (QED) is 0.707. The highest BCUT2D eigenvalue weighted by Crippen LogP contribution is 2.36. The highest BCUT2D eigenvalue weighted by molar-refractivity contribution is 5.86. The van der Waals surface area contributed by atoms with Crippen molar-refractivity contribution in [2.45, 2.75) is 0 Å². The molecule has 0 saturated carbocycles. The van der Waals surface area contributed by atoms with E-state index in [1.54, 1.807) is 24.3 Å². The van der Waals surface area contributed by atoms with E-state index in [1.807, 2.05) is 0 Å². The minimum atomic E-state index is -0.457. The van der Waals surface area contributed by atoms with Gasteiger partial charge in [-0.25, -0.2) is 0 Å². The minimum Gasteiger partial charge on any atom is -0.504 e. The molecule has 0 bridgehead atoms. The lowest BCUT2D eigenvalue weighted by molar-refractivity contribution is 0.399. The number of phenols is 2. The summed E-state index contributed by atoms with van der Waals surface area (Å²) in [6, 6.07) is 11.0. The van der Waals surface area contributed by atoms with Gasteiger partial charge in [-0.15, -0.1) is 0 Å². The molecule has 0 saturated heterocycles. The van der Waals surface area contributed by atoms with Crippen molar-refractivity contribution in [2.75, 3.05) is 7.11 Å². The van der Waals surface area contributed by atoms with Crippen molar-refractivity contribution < 1.29 is 19.4 Å². The Balaban J connectivity index is 2.35. The molecule has 3 rings (SSSR count). The summed E-state index contributed by atoms with van der Waals surface area (Å²) >= 11 is 0. The maximum atomic E-state index is 12.1. The SMILES string of the molecule is COc1ccccc1-c1cc(=O)c2ccc(O)c(O)c2o1. The molecule has 0 aliphatic heterocycles. The summed E-state index contributed by atoms with van der Waals surface area (Å²) < 4.78 is 10.8. The second kappa shape index (κ2) is 4.86. The average Bonchev–Trinajstić information content (AvgIpc) is 2.51. The zero-order chi connectivity index (χ0) is 15.0. The molecule has 5 heteroatoms. The van der Waals surface area contributed by atoms with Crippen LogP contribution < -0.4 is 10.2 Å². The Morgan fingerprint density at radius 2 is 1.86 bits per heavy atom. The first kappa shape index (κ1) is 13.1. The molecule has 2 N–H and O–H groups in total. The Labute approximate surface area is 119 Å². The number of methoxy groups -OCH3 is 1.